The lowest BCUT2D eigenvalue weighted by molar-refractivity contribution is 0.0956. The average molecular weight is 328 g/mol. The van der Waals surface area contributed by atoms with Gasteiger partial charge in [0, 0.05) is 23.8 Å². The number of rotatable bonds is 5. The van der Waals surface area contributed by atoms with Crippen molar-refractivity contribution in [1.29, 1.82) is 0 Å². The van der Waals surface area contributed by atoms with Crippen molar-refractivity contribution in [3.63, 3.8) is 0 Å². The minimum Gasteiger partial charge on any atom is -0.352 e. The number of hydrogen-bond acceptors (Lipinski definition) is 6. The number of nitrogens with one attached hydrogen (secondary N) is 3. The number of carbonyl (C=O) groups excluding carboxylic acids is 1. The molecule has 0 aliphatic heterocycles. The van der Waals surface area contributed by atoms with Gasteiger partial charge in [-0.1, -0.05) is 11.8 Å². The van der Waals surface area contributed by atoms with Crippen molar-refractivity contribution < 1.29 is 4.79 Å². The first-order valence-electron chi connectivity index (χ1n) is 7.10. The monoisotopic (exact) mass is 328 g/mol. The molecule has 0 aliphatic rings. The van der Waals surface area contributed by atoms with Crippen molar-refractivity contribution >= 4 is 40.1 Å². The first kappa shape index (κ1) is 15.3. The number of aromatic amines is 1. The van der Waals surface area contributed by atoms with Gasteiger partial charge in [0.25, 0.3) is 5.91 Å². The Morgan fingerprint density at radius 1 is 1.35 bits per heavy atom. The van der Waals surface area contributed by atoms with Crippen LogP contribution in [0.1, 0.15) is 17.3 Å². The molecule has 7 nitrogen and oxygen atoms in total. The van der Waals surface area contributed by atoms with Gasteiger partial charge in [0.2, 0.25) is 0 Å². The summed E-state index contributed by atoms with van der Waals surface area (Å²) in [6, 6.07) is 5.78. The van der Waals surface area contributed by atoms with Crippen molar-refractivity contribution in [2.24, 2.45) is 0 Å². The van der Waals surface area contributed by atoms with Gasteiger partial charge in [-0.3, -0.25) is 9.89 Å². The highest BCUT2D eigenvalue weighted by atomic mass is 32.2. The maximum atomic E-state index is 12.2. The van der Waals surface area contributed by atoms with Gasteiger partial charge in [0.15, 0.2) is 5.16 Å². The second-order valence-electron chi connectivity index (χ2n) is 4.78. The Morgan fingerprint density at radius 3 is 3.00 bits per heavy atom. The number of carbonyl (C=O) groups is 1. The molecular weight excluding hydrogens is 312 g/mol. The summed E-state index contributed by atoms with van der Waals surface area (Å²) in [6.07, 6.45) is 5.18. The van der Waals surface area contributed by atoms with E-state index in [-0.39, 0.29) is 5.91 Å². The minimum atomic E-state index is -0.202. The largest absolute Gasteiger partial charge is 0.352 e. The van der Waals surface area contributed by atoms with Gasteiger partial charge in [-0.25, -0.2) is 9.97 Å². The number of anilines is 2. The van der Waals surface area contributed by atoms with Crippen LogP contribution in [-0.4, -0.2) is 38.9 Å². The van der Waals surface area contributed by atoms with Crippen LogP contribution < -0.4 is 10.6 Å². The van der Waals surface area contributed by atoms with Crippen LogP contribution >= 0.6 is 11.8 Å². The number of benzene rings is 1. The van der Waals surface area contributed by atoms with E-state index < -0.39 is 0 Å². The maximum Gasteiger partial charge on any atom is 0.256 e. The SMILES string of the molecule is CCNC(=O)c1cnc(SC)nc1Nc1ccc2[nH]ncc2c1. The third-order valence-corrected chi connectivity index (χ3v) is 3.80. The van der Waals surface area contributed by atoms with E-state index in [4.69, 9.17) is 0 Å². The standard InChI is InChI=1S/C15H16N6OS/c1-3-16-14(22)11-8-17-15(23-2)20-13(11)19-10-4-5-12-9(6-10)7-18-21-12/h4-8H,3H2,1-2H3,(H,16,22)(H,18,21)(H,17,19,20). The molecule has 0 spiro atoms. The predicted molar refractivity (Wildman–Crippen MR) is 91.2 cm³/mol. The van der Waals surface area contributed by atoms with E-state index >= 15 is 0 Å². The topological polar surface area (TPSA) is 95.6 Å². The van der Waals surface area contributed by atoms with E-state index in [0.29, 0.717) is 23.1 Å². The fourth-order valence-electron chi connectivity index (χ4n) is 2.14. The predicted octanol–water partition coefficient (Wildman–Crippen LogP) is 2.57. The van der Waals surface area contributed by atoms with E-state index in [0.717, 1.165) is 16.6 Å². The lowest BCUT2D eigenvalue weighted by atomic mass is 10.2. The fourth-order valence-corrected chi connectivity index (χ4v) is 2.48. The number of aromatic nitrogens is 4. The minimum absolute atomic E-state index is 0.202. The smallest absolute Gasteiger partial charge is 0.256 e. The summed E-state index contributed by atoms with van der Waals surface area (Å²) in [6.45, 7) is 2.42. The van der Waals surface area contributed by atoms with Gasteiger partial charge in [-0.05, 0) is 31.4 Å². The van der Waals surface area contributed by atoms with Gasteiger partial charge < -0.3 is 10.6 Å². The molecular formula is C15H16N6OS. The molecule has 1 aromatic carbocycles. The molecule has 118 valence electrons. The Balaban J connectivity index is 1.97. The van der Waals surface area contributed by atoms with E-state index in [1.807, 2.05) is 31.4 Å². The van der Waals surface area contributed by atoms with E-state index in [1.54, 1.807) is 12.4 Å². The molecule has 8 heteroatoms. The quantitative estimate of drug-likeness (QED) is 0.492. The molecule has 0 aliphatic carbocycles. The van der Waals surface area contributed by atoms with Crippen molar-refractivity contribution in [2.45, 2.75) is 12.1 Å². The highest BCUT2D eigenvalue weighted by molar-refractivity contribution is 7.98. The van der Waals surface area contributed by atoms with Gasteiger partial charge in [0.1, 0.15) is 11.4 Å². The zero-order valence-electron chi connectivity index (χ0n) is 12.8. The van der Waals surface area contributed by atoms with Crippen molar-refractivity contribution in [2.75, 3.05) is 18.1 Å². The lowest BCUT2D eigenvalue weighted by Crippen LogP contribution is -2.24. The summed E-state index contributed by atoms with van der Waals surface area (Å²) < 4.78 is 0. The summed E-state index contributed by atoms with van der Waals surface area (Å²) in [5.74, 6) is 0.283. The molecule has 0 bridgehead atoms. The molecule has 3 aromatic rings. The fraction of sp³-hybridized carbons (Fsp3) is 0.200. The summed E-state index contributed by atoms with van der Waals surface area (Å²) in [5.41, 5.74) is 2.19. The first-order valence-corrected chi connectivity index (χ1v) is 8.33. The normalized spacial score (nSPS) is 10.7. The second-order valence-corrected chi connectivity index (χ2v) is 5.55. The molecule has 0 radical (unpaired) electrons. The highest BCUT2D eigenvalue weighted by Gasteiger charge is 2.14. The van der Waals surface area contributed by atoms with E-state index in [9.17, 15) is 4.79 Å². The number of hydrogen-bond donors (Lipinski definition) is 3. The van der Waals surface area contributed by atoms with E-state index in [1.165, 1.54) is 11.8 Å². The number of amides is 1. The third kappa shape index (κ3) is 3.26. The Hall–Kier alpha value is -2.61. The van der Waals surface area contributed by atoms with Gasteiger partial charge >= 0.3 is 0 Å². The molecule has 3 N–H and O–H groups in total. The Morgan fingerprint density at radius 2 is 2.22 bits per heavy atom. The summed E-state index contributed by atoms with van der Waals surface area (Å²) >= 11 is 1.42. The van der Waals surface area contributed by atoms with Crippen LogP contribution in [-0.2, 0) is 0 Å². The molecule has 0 unspecified atom stereocenters. The number of thioether (sulfide) groups is 1. The number of nitrogens with zero attached hydrogens (tertiary/aromatic N) is 3. The molecule has 23 heavy (non-hydrogen) atoms. The number of fused-ring (bicyclic) bond motifs is 1. The van der Waals surface area contributed by atoms with Gasteiger partial charge in [-0.15, -0.1) is 0 Å². The van der Waals surface area contributed by atoms with Crippen LogP contribution in [0, 0.1) is 0 Å². The Kier molecular flexibility index (Phi) is 4.42. The van der Waals surface area contributed by atoms with Crippen LogP contribution in [0.2, 0.25) is 0 Å². The van der Waals surface area contributed by atoms with Crippen LogP contribution in [0.25, 0.3) is 10.9 Å². The van der Waals surface area contributed by atoms with Crippen LogP contribution in [0.4, 0.5) is 11.5 Å². The molecule has 0 saturated carbocycles. The van der Waals surface area contributed by atoms with Crippen molar-refractivity contribution in [3.05, 3.63) is 36.2 Å². The van der Waals surface area contributed by atoms with Crippen molar-refractivity contribution in [1.82, 2.24) is 25.5 Å². The summed E-state index contributed by atoms with van der Waals surface area (Å²) in [5, 5.41) is 14.5. The average Bonchev–Trinajstić information content (AvgIpc) is 3.02. The highest BCUT2D eigenvalue weighted by Crippen LogP contribution is 2.23. The zero-order valence-corrected chi connectivity index (χ0v) is 13.6. The molecule has 1 amide bonds. The summed E-state index contributed by atoms with van der Waals surface area (Å²) in [7, 11) is 0. The van der Waals surface area contributed by atoms with Crippen molar-refractivity contribution in [3.8, 4) is 0 Å². The van der Waals surface area contributed by atoms with Gasteiger partial charge in [-0.2, -0.15) is 5.10 Å². The van der Waals surface area contributed by atoms with Crippen LogP contribution in [0.15, 0.2) is 35.7 Å². The second kappa shape index (κ2) is 6.66. The molecule has 2 heterocycles. The lowest BCUT2D eigenvalue weighted by Gasteiger charge is -2.11. The summed E-state index contributed by atoms with van der Waals surface area (Å²) in [4.78, 5) is 20.8. The Labute approximate surface area is 137 Å². The van der Waals surface area contributed by atoms with Crippen LogP contribution in [0.3, 0.4) is 0 Å². The maximum absolute atomic E-state index is 12.2. The van der Waals surface area contributed by atoms with Gasteiger partial charge in [0.05, 0.1) is 11.7 Å². The first-order chi connectivity index (χ1) is 11.2. The Bertz CT molecular complexity index is 847. The van der Waals surface area contributed by atoms with E-state index in [2.05, 4.69) is 30.8 Å². The zero-order chi connectivity index (χ0) is 16.2. The molecule has 2 aromatic heterocycles. The third-order valence-electron chi connectivity index (χ3n) is 3.23. The molecule has 3 rings (SSSR count). The number of H-pyrrole nitrogens is 1. The van der Waals surface area contributed by atoms with Crippen LogP contribution in [0.5, 0.6) is 0 Å². The molecule has 0 saturated heterocycles. The molecule has 0 atom stereocenters. The molecule has 0 fully saturated rings.